The predicted molar refractivity (Wildman–Crippen MR) is 58.6 cm³/mol. The van der Waals surface area contributed by atoms with E-state index in [2.05, 4.69) is 0 Å². The molecule has 3 heteroatoms. The van der Waals surface area contributed by atoms with Crippen LogP contribution in [-0.4, -0.2) is 6.10 Å². The smallest absolute Gasteiger partial charge is 0.137 e. The summed E-state index contributed by atoms with van der Waals surface area (Å²) in [6, 6.07) is 6.06. The molecule has 0 saturated heterocycles. The summed E-state index contributed by atoms with van der Waals surface area (Å²) >= 11 is 0. The number of halogens is 1. The van der Waals surface area contributed by atoms with Crippen LogP contribution in [0.4, 0.5) is 4.39 Å². The lowest BCUT2D eigenvalue weighted by Crippen LogP contribution is -2.20. The average Bonchev–Trinajstić information content (AvgIpc) is 2.33. The highest BCUT2D eigenvalue weighted by atomic mass is 19.1. The summed E-state index contributed by atoms with van der Waals surface area (Å²) in [5.74, 6) is 0.114. The SMILES string of the molecule is N#Cc1cc(F)ccc1OC1CCCCC1. The van der Waals surface area contributed by atoms with Crippen LogP contribution in [0.1, 0.15) is 37.7 Å². The summed E-state index contributed by atoms with van der Waals surface area (Å²) in [7, 11) is 0. The molecule has 0 unspecified atom stereocenters. The van der Waals surface area contributed by atoms with Gasteiger partial charge in [-0.15, -0.1) is 0 Å². The van der Waals surface area contributed by atoms with E-state index in [9.17, 15) is 4.39 Å². The first-order valence-corrected chi connectivity index (χ1v) is 5.66. The number of hydrogen-bond acceptors (Lipinski definition) is 2. The van der Waals surface area contributed by atoms with Crippen molar-refractivity contribution in [3.8, 4) is 11.8 Å². The molecule has 0 aliphatic heterocycles. The summed E-state index contributed by atoms with van der Waals surface area (Å²) < 4.78 is 18.6. The van der Waals surface area contributed by atoms with Crippen molar-refractivity contribution in [2.24, 2.45) is 0 Å². The zero-order chi connectivity index (χ0) is 11.4. The van der Waals surface area contributed by atoms with Gasteiger partial charge in [0.2, 0.25) is 0 Å². The van der Waals surface area contributed by atoms with Crippen LogP contribution in [0.15, 0.2) is 18.2 Å². The molecule has 2 rings (SSSR count). The molecule has 2 nitrogen and oxygen atoms in total. The van der Waals surface area contributed by atoms with Crippen LogP contribution < -0.4 is 4.74 Å². The molecule has 1 aromatic carbocycles. The summed E-state index contributed by atoms with van der Waals surface area (Å²) in [6.07, 6.45) is 5.85. The maximum absolute atomic E-state index is 12.9. The van der Waals surface area contributed by atoms with Gasteiger partial charge in [-0.1, -0.05) is 6.42 Å². The van der Waals surface area contributed by atoms with Crippen molar-refractivity contribution in [3.63, 3.8) is 0 Å². The van der Waals surface area contributed by atoms with Gasteiger partial charge >= 0.3 is 0 Å². The van der Waals surface area contributed by atoms with E-state index >= 15 is 0 Å². The normalized spacial score (nSPS) is 16.8. The van der Waals surface area contributed by atoms with E-state index < -0.39 is 5.82 Å². The van der Waals surface area contributed by atoms with Gasteiger partial charge in [0.15, 0.2) is 0 Å². The summed E-state index contributed by atoms with van der Waals surface area (Å²) in [6.45, 7) is 0. The molecule has 84 valence electrons. The quantitative estimate of drug-likeness (QED) is 0.763. The Morgan fingerprint density at radius 2 is 2.00 bits per heavy atom. The van der Waals surface area contributed by atoms with Gasteiger partial charge < -0.3 is 4.74 Å². The maximum atomic E-state index is 12.9. The summed E-state index contributed by atoms with van der Waals surface area (Å²) in [4.78, 5) is 0. The zero-order valence-corrected chi connectivity index (χ0v) is 9.08. The van der Waals surface area contributed by atoms with Crippen LogP contribution >= 0.6 is 0 Å². The van der Waals surface area contributed by atoms with Crippen LogP contribution in [0, 0.1) is 17.1 Å². The third-order valence-electron chi connectivity index (χ3n) is 2.91. The van der Waals surface area contributed by atoms with Gasteiger partial charge in [-0.25, -0.2) is 4.39 Å². The van der Waals surface area contributed by atoms with Gasteiger partial charge in [-0.05, 0) is 43.9 Å². The monoisotopic (exact) mass is 219 g/mol. The Hall–Kier alpha value is -1.56. The predicted octanol–water partition coefficient (Wildman–Crippen LogP) is 3.41. The van der Waals surface area contributed by atoms with Gasteiger partial charge in [-0.3, -0.25) is 0 Å². The van der Waals surface area contributed by atoms with Crippen molar-refractivity contribution in [1.82, 2.24) is 0 Å². The van der Waals surface area contributed by atoms with Crippen molar-refractivity contribution in [3.05, 3.63) is 29.6 Å². The van der Waals surface area contributed by atoms with E-state index in [0.29, 0.717) is 5.75 Å². The molecule has 0 bridgehead atoms. The number of rotatable bonds is 2. The van der Waals surface area contributed by atoms with Gasteiger partial charge in [0.25, 0.3) is 0 Å². The minimum atomic E-state index is -0.396. The maximum Gasteiger partial charge on any atom is 0.137 e. The molecule has 1 fully saturated rings. The Balaban J connectivity index is 2.11. The van der Waals surface area contributed by atoms with Gasteiger partial charge in [-0.2, -0.15) is 5.26 Å². The van der Waals surface area contributed by atoms with Crippen molar-refractivity contribution in [2.45, 2.75) is 38.2 Å². The van der Waals surface area contributed by atoms with E-state index in [0.717, 1.165) is 12.8 Å². The topological polar surface area (TPSA) is 33.0 Å². The van der Waals surface area contributed by atoms with E-state index in [1.807, 2.05) is 6.07 Å². The van der Waals surface area contributed by atoms with Gasteiger partial charge in [0.1, 0.15) is 17.6 Å². The Kier molecular flexibility index (Phi) is 3.40. The van der Waals surface area contributed by atoms with Gasteiger partial charge in [0, 0.05) is 0 Å². The molecule has 16 heavy (non-hydrogen) atoms. The average molecular weight is 219 g/mol. The molecule has 1 aliphatic carbocycles. The van der Waals surface area contributed by atoms with E-state index in [-0.39, 0.29) is 11.7 Å². The highest BCUT2D eigenvalue weighted by molar-refractivity contribution is 5.43. The minimum Gasteiger partial charge on any atom is -0.489 e. The minimum absolute atomic E-state index is 0.186. The molecule has 0 aromatic heterocycles. The number of ether oxygens (including phenoxy) is 1. The Bertz CT molecular complexity index is 405. The second kappa shape index (κ2) is 4.98. The third kappa shape index (κ3) is 2.52. The van der Waals surface area contributed by atoms with Crippen LogP contribution in [0.3, 0.4) is 0 Å². The highest BCUT2D eigenvalue weighted by Crippen LogP contribution is 2.26. The number of nitriles is 1. The Labute approximate surface area is 94.7 Å². The fourth-order valence-corrected chi connectivity index (χ4v) is 2.05. The number of nitrogens with zero attached hydrogens (tertiary/aromatic N) is 1. The standard InChI is InChI=1S/C13H14FNO/c14-11-6-7-13(10(8-11)9-15)16-12-4-2-1-3-5-12/h6-8,12H,1-5H2. The van der Waals surface area contributed by atoms with E-state index in [1.165, 1.54) is 31.4 Å². The first-order valence-electron chi connectivity index (χ1n) is 5.66. The first kappa shape index (κ1) is 10.9. The molecule has 0 N–H and O–H groups in total. The lowest BCUT2D eigenvalue weighted by Gasteiger charge is -2.23. The third-order valence-corrected chi connectivity index (χ3v) is 2.91. The van der Waals surface area contributed by atoms with Crippen molar-refractivity contribution >= 4 is 0 Å². The fraction of sp³-hybridized carbons (Fsp3) is 0.462. The highest BCUT2D eigenvalue weighted by Gasteiger charge is 2.16. The van der Waals surface area contributed by atoms with E-state index in [1.54, 1.807) is 6.07 Å². The molecule has 0 amide bonds. The summed E-state index contributed by atoms with van der Waals surface area (Å²) in [5, 5.41) is 8.88. The van der Waals surface area contributed by atoms with Crippen LogP contribution in [0.2, 0.25) is 0 Å². The van der Waals surface area contributed by atoms with Crippen molar-refractivity contribution in [2.75, 3.05) is 0 Å². The molecule has 1 aromatic rings. The van der Waals surface area contributed by atoms with Crippen LogP contribution in [0.5, 0.6) is 5.75 Å². The number of hydrogen-bond donors (Lipinski definition) is 0. The molecular weight excluding hydrogens is 205 g/mol. The number of benzene rings is 1. The zero-order valence-electron chi connectivity index (χ0n) is 9.08. The van der Waals surface area contributed by atoms with Crippen LogP contribution in [0.25, 0.3) is 0 Å². The first-order chi connectivity index (χ1) is 7.79. The van der Waals surface area contributed by atoms with E-state index in [4.69, 9.17) is 10.00 Å². The van der Waals surface area contributed by atoms with Crippen molar-refractivity contribution in [1.29, 1.82) is 5.26 Å². The molecule has 0 atom stereocenters. The molecule has 1 saturated carbocycles. The molecule has 1 aliphatic rings. The molecule has 0 spiro atoms. The summed E-state index contributed by atoms with van der Waals surface area (Å²) in [5.41, 5.74) is 0.283. The molecule has 0 radical (unpaired) electrons. The molecular formula is C13H14FNO. The van der Waals surface area contributed by atoms with Gasteiger partial charge in [0.05, 0.1) is 11.7 Å². The second-order valence-corrected chi connectivity index (χ2v) is 4.13. The Morgan fingerprint density at radius 1 is 1.25 bits per heavy atom. The lowest BCUT2D eigenvalue weighted by atomic mass is 9.98. The van der Waals surface area contributed by atoms with Crippen LogP contribution in [-0.2, 0) is 0 Å². The molecule has 0 heterocycles. The fourth-order valence-electron chi connectivity index (χ4n) is 2.05. The lowest BCUT2D eigenvalue weighted by molar-refractivity contribution is 0.154. The van der Waals surface area contributed by atoms with Crippen molar-refractivity contribution < 1.29 is 9.13 Å². The largest absolute Gasteiger partial charge is 0.489 e. The second-order valence-electron chi connectivity index (χ2n) is 4.13. The Morgan fingerprint density at radius 3 is 2.69 bits per heavy atom.